The zero-order chi connectivity index (χ0) is 11.1. The number of benzene rings is 1. The summed E-state index contributed by atoms with van der Waals surface area (Å²) in [7, 11) is 0. The van der Waals surface area contributed by atoms with E-state index in [0.717, 1.165) is 12.1 Å². The van der Waals surface area contributed by atoms with Crippen molar-refractivity contribution >= 4 is 23.8 Å². The van der Waals surface area contributed by atoms with Gasteiger partial charge in [-0.05, 0) is 0 Å². The molecule has 0 heterocycles. The zero-order valence-corrected chi connectivity index (χ0v) is 7.96. The molecule has 8 nitrogen and oxygen atoms in total. The third-order valence-electron chi connectivity index (χ3n) is 1.28. The van der Waals surface area contributed by atoms with Crippen LogP contribution < -0.4 is 0 Å². The van der Waals surface area contributed by atoms with Gasteiger partial charge in [0.2, 0.25) is 0 Å². The highest BCUT2D eigenvalue weighted by Crippen LogP contribution is 2.24. The van der Waals surface area contributed by atoms with E-state index in [1.165, 1.54) is 12.1 Å². The smallest absolute Gasteiger partial charge is 0.258 e. The highest BCUT2D eigenvalue weighted by molar-refractivity contribution is 5.85. The lowest BCUT2D eigenvalue weighted by Crippen LogP contribution is -1.95. The molecule has 15 heavy (non-hydrogen) atoms. The Labute approximate surface area is 89.6 Å². The quantitative estimate of drug-likeness (QED) is 0.434. The van der Waals surface area contributed by atoms with Crippen LogP contribution in [0.15, 0.2) is 24.3 Å². The normalized spacial score (nSPS) is 7.60. The highest BCUT2D eigenvalue weighted by Gasteiger charge is 2.21. The van der Waals surface area contributed by atoms with Crippen molar-refractivity contribution in [1.29, 1.82) is 10.8 Å². The second-order valence-corrected chi connectivity index (χ2v) is 2.00. The average Bonchev–Trinajstić information content (AvgIpc) is 2.20. The van der Waals surface area contributed by atoms with E-state index < -0.39 is 21.2 Å². The average molecular weight is 233 g/mol. The van der Waals surface area contributed by atoms with Crippen molar-refractivity contribution in [1.82, 2.24) is 0 Å². The van der Waals surface area contributed by atoms with Crippen molar-refractivity contribution in [2.45, 2.75) is 0 Å². The van der Waals surface area contributed by atoms with Crippen LogP contribution in [-0.2, 0) is 0 Å². The van der Waals surface area contributed by atoms with Crippen molar-refractivity contribution in [3.8, 4) is 0 Å². The van der Waals surface area contributed by atoms with Gasteiger partial charge in [-0.15, -0.1) is 12.4 Å². The molecular formula is C6H5ClN4O4. The summed E-state index contributed by atoms with van der Waals surface area (Å²) >= 11 is 0. The largest absolute Gasteiger partial charge is 0.346 e. The molecule has 0 spiro atoms. The maximum Gasteiger partial charge on any atom is 0.346 e. The minimum atomic E-state index is -0.780. The fourth-order valence-corrected chi connectivity index (χ4v) is 0.773. The molecular weight excluding hydrogens is 228 g/mol. The van der Waals surface area contributed by atoms with Crippen molar-refractivity contribution in [2.24, 2.45) is 0 Å². The Morgan fingerprint density at radius 3 is 1.40 bits per heavy atom. The predicted octanol–water partition coefficient (Wildman–Crippen LogP) is 1.95. The van der Waals surface area contributed by atoms with E-state index in [-0.39, 0.29) is 12.4 Å². The van der Waals surface area contributed by atoms with Gasteiger partial charge in [-0.25, -0.2) is 0 Å². The molecule has 0 aliphatic heterocycles. The summed E-state index contributed by atoms with van der Waals surface area (Å²) in [4.78, 5) is 18.9. The van der Waals surface area contributed by atoms with Gasteiger partial charge in [0.1, 0.15) is 0 Å². The molecule has 0 amide bonds. The van der Waals surface area contributed by atoms with E-state index in [1.54, 1.807) is 0 Å². The summed E-state index contributed by atoms with van der Waals surface area (Å²) in [5.74, 6) is 0. The molecule has 0 aromatic heterocycles. The molecule has 0 N–H and O–H groups in total. The zero-order valence-electron chi connectivity index (χ0n) is 7.14. The number of hydrogen-bond acceptors (Lipinski definition) is 6. The molecule has 0 saturated heterocycles. The first-order chi connectivity index (χ1) is 6.63. The monoisotopic (exact) mass is 232 g/mol. The maximum atomic E-state index is 10.2. The Morgan fingerprint density at radius 2 is 1.20 bits per heavy atom. The molecule has 9 heteroatoms. The van der Waals surface area contributed by atoms with E-state index in [0.29, 0.717) is 0 Å². The lowest BCUT2D eigenvalue weighted by atomic mass is 10.3. The fourth-order valence-electron chi connectivity index (χ4n) is 0.773. The molecule has 0 bridgehead atoms. The number of nitro groups is 2. The Balaban J connectivity index is 0. The first-order valence-corrected chi connectivity index (χ1v) is 3.20. The summed E-state index contributed by atoms with van der Waals surface area (Å²) in [6.07, 6.45) is 0. The van der Waals surface area contributed by atoms with Crippen molar-refractivity contribution in [2.75, 3.05) is 0 Å². The molecule has 0 radical (unpaired) electrons. The molecule has 0 unspecified atom stereocenters. The summed E-state index contributed by atoms with van der Waals surface area (Å²) in [5.41, 5.74) is -0.968. The van der Waals surface area contributed by atoms with Crippen molar-refractivity contribution in [3.63, 3.8) is 0 Å². The summed E-state index contributed by atoms with van der Waals surface area (Å²) in [5, 5.41) is 32.5. The minimum Gasteiger partial charge on any atom is -0.258 e. The molecule has 1 aromatic carbocycles. The van der Waals surface area contributed by atoms with Crippen LogP contribution in [0, 0.1) is 31.0 Å². The third-order valence-corrected chi connectivity index (χ3v) is 1.28. The highest BCUT2D eigenvalue weighted by atomic mass is 35.5. The Hall–Kier alpha value is -2.27. The van der Waals surface area contributed by atoms with Crippen LogP contribution in [0.1, 0.15) is 0 Å². The van der Waals surface area contributed by atoms with Crippen LogP contribution in [0.5, 0.6) is 0 Å². The van der Waals surface area contributed by atoms with Crippen LogP contribution >= 0.6 is 12.4 Å². The molecule has 1 rings (SSSR count). The van der Waals surface area contributed by atoms with Crippen LogP contribution in [0.3, 0.4) is 0 Å². The van der Waals surface area contributed by atoms with Crippen LogP contribution in [0.2, 0.25) is 0 Å². The number of hydrogen-bond donors (Lipinski definition) is 0. The molecule has 1 aromatic rings. The van der Waals surface area contributed by atoms with Gasteiger partial charge in [-0.1, -0.05) is 12.1 Å². The number of rotatable bonds is 2. The first kappa shape index (κ1) is 15.2. The third kappa shape index (κ3) is 3.97. The van der Waals surface area contributed by atoms with Crippen LogP contribution in [0.25, 0.3) is 0 Å². The van der Waals surface area contributed by atoms with Gasteiger partial charge in [0.05, 0.1) is 9.85 Å². The summed E-state index contributed by atoms with van der Waals surface area (Å²) < 4.78 is 0. The number of nitrogens with zero attached hydrogens (tertiary/aromatic N) is 4. The van der Waals surface area contributed by atoms with E-state index in [9.17, 15) is 20.2 Å². The molecule has 0 aliphatic carbocycles. The molecule has 0 saturated carbocycles. The Kier molecular flexibility index (Phi) is 7.27. The Bertz CT molecular complexity index is 347. The number of nitro benzene ring substituents is 2. The standard InChI is InChI=1S/C6H4N2O4.ClH.N2/c9-7(10)5-3-1-2-4-6(5)8(11)12;;1-2/h1-4H;1H;. The Morgan fingerprint density at radius 1 is 0.933 bits per heavy atom. The summed E-state index contributed by atoms with van der Waals surface area (Å²) in [6, 6.07) is 4.95. The predicted molar refractivity (Wildman–Crippen MR) is 50.4 cm³/mol. The lowest BCUT2D eigenvalue weighted by molar-refractivity contribution is -0.422. The van der Waals surface area contributed by atoms with Gasteiger partial charge in [-0.3, -0.25) is 20.2 Å². The second kappa shape index (κ2) is 7.16. The number of para-hydroxylation sites is 2. The topological polar surface area (TPSA) is 134 Å². The van der Waals surface area contributed by atoms with Gasteiger partial charge in [0, 0.05) is 22.9 Å². The maximum absolute atomic E-state index is 10.2. The fraction of sp³-hybridized carbons (Fsp3) is 0. The van der Waals surface area contributed by atoms with Crippen LogP contribution in [0.4, 0.5) is 11.4 Å². The SMILES string of the molecule is Cl.N#N.O=[N+]([O-])c1ccccc1[N+](=O)[O-]. The molecule has 0 aliphatic rings. The van der Waals surface area contributed by atoms with Gasteiger partial charge in [-0.2, -0.15) is 0 Å². The van der Waals surface area contributed by atoms with E-state index in [2.05, 4.69) is 0 Å². The summed E-state index contributed by atoms with van der Waals surface area (Å²) in [6.45, 7) is 0. The second-order valence-electron chi connectivity index (χ2n) is 2.00. The van der Waals surface area contributed by atoms with Crippen molar-refractivity contribution in [3.05, 3.63) is 44.5 Å². The van der Waals surface area contributed by atoms with E-state index in [1.807, 2.05) is 0 Å². The van der Waals surface area contributed by atoms with Crippen molar-refractivity contribution < 1.29 is 9.85 Å². The van der Waals surface area contributed by atoms with Gasteiger partial charge >= 0.3 is 11.4 Å². The van der Waals surface area contributed by atoms with Gasteiger partial charge in [0.25, 0.3) is 0 Å². The van der Waals surface area contributed by atoms with E-state index >= 15 is 0 Å². The minimum absolute atomic E-state index is 0. The van der Waals surface area contributed by atoms with Gasteiger partial charge < -0.3 is 0 Å². The van der Waals surface area contributed by atoms with Crippen LogP contribution in [-0.4, -0.2) is 9.85 Å². The molecule has 80 valence electrons. The molecule has 0 atom stereocenters. The lowest BCUT2D eigenvalue weighted by Gasteiger charge is -1.91. The molecule has 0 fully saturated rings. The van der Waals surface area contributed by atoms with Gasteiger partial charge in [0.15, 0.2) is 0 Å². The number of halogens is 1. The van der Waals surface area contributed by atoms with E-state index in [4.69, 9.17) is 10.8 Å². The first-order valence-electron chi connectivity index (χ1n) is 3.20.